The van der Waals surface area contributed by atoms with Crippen molar-refractivity contribution in [3.05, 3.63) is 77.1 Å². The molecule has 0 aliphatic heterocycles. The lowest BCUT2D eigenvalue weighted by molar-refractivity contribution is -0.126. The van der Waals surface area contributed by atoms with E-state index >= 15 is 0 Å². The van der Waals surface area contributed by atoms with Gasteiger partial charge in [-0.05, 0) is 60.9 Å². The van der Waals surface area contributed by atoms with Crippen molar-refractivity contribution in [2.45, 2.75) is 39.7 Å². The molecule has 7 heteroatoms. The summed E-state index contributed by atoms with van der Waals surface area (Å²) in [5.41, 5.74) is 2.61. The number of unbranched alkanes of at least 4 members (excludes halogenated alkanes) is 1. The van der Waals surface area contributed by atoms with E-state index in [2.05, 4.69) is 18.1 Å². The summed E-state index contributed by atoms with van der Waals surface area (Å²) in [6.07, 6.45) is 2.85. The minimum absolute atomic E-state index is 0.154. The molecule has 0 aliphatic rings. The summed E-state index contributed by atoms with van der Waals surface area (Å²) in [5, 5.41) is 13.3. The maximum absolute atomic E-state index is 13.1. The SMILES string of the molecule is CCCCc1cc(C(=O)N(Cc2ccc(Oc3ccc(C#N)cc3)cc2)C(C)=O)n(C)n1. The molecule has 0 fully saturated rings. The molecule has 1 aromatic heterocycles. The summed E-state index contributed by atoms with van der Waals surface area (Å²) in [6, 6.07) is 17.9. The molecule has 164 valence electrons. The van der Waals surface area contributed by atoms with E-state index in [0.29, 0.717) is 22.8 Å². The zero-order chi connectivity index (χ0) is 23.1. The summed E-state index contributed by atoms with van der Waals surface area (Å²) in [4.78, 5) is 26.5. The van der Waals surface area contributed by atoms with Crippen LogP contribution in [0.4, 0.5) is 0 Å². The van der Waals surface area contributed by atoms with Crippen LogP contribution in [-0.2, 0) is 24.8 Å². The molecule has 0 radical (unpaired) electrons. The summed E-state index contributed by atoms with van der Waals surface area (Å²) < 4.78 is 7.32. The van der Waals surface area contributed by atoms with Crippen LogP contribution in [0.1, 0.15) is 54.0 Å². The molecule has 0 spiro atoms. The van der Waals surface area contributed by atoms with Crippen molar-refractivity contribution >= 4 is 11.8 Å². The van der Waals surface area contributed by atoms with Gasteiger partial charge in [0.2, 0.25) is 5.91 Å². The number of amides is 2. The van der Waals surface area contributed by atoms with E-state index in [4.69, 9.17) is 10.00 Å². The van der Waals surface area contributed by atoms with Gasteiger partial charge in [-0.25, -0.2) is 0 Å². The first-order valence-corrected chi connectivity index (χ1v) is 10.5. The maximum Gasteiger partial charge on any atom is 0.279 e. The van der Waals surface area contributed by atoms with Crippen LogP contribution in [0.2, 0.25) is 0 Å². The van der Waals surface area contributed by atoms with Crippen molar-refractivity contribution in [1.82, 2.24) is 14.7 Å². The van der Waals surface area contributed by atoms with Gasteiger partial charge in [0.05, 0.1) is 23.9 Å². The molecular formula is C25H26N4O3. The highest BCUT2D eigenvalue weighted by atomic mass is 16.5. The number of hydrogen-bond acceptors (Lipinski definition) is 5. The zero-order valence-corrected chi connectivity index (χ0v) is 18.5. The van der Waals surface area contributed by atoms with Gasteiger partial charge in [0.1, 0.15) is 17.2 Å². The van der Waals surface area contributed by atoms with Gasteiger partial charge < -0.3 is 4.74 Å². The van der Waals surface area contributed by atoms with E-state index in [-0.39, 0.29) is 18.4 Å². The van der Waals surface area contributed by atoms with Crippen LogP contribution < -0.4 is 4.74 Å². The number of ether oxygens (including phenoxy) is 1. The lowest BCUT2D eigenvalue weighted by atomic mass is 10.1. The monoisotopic (exact) mass is 430 g/mol. The van der Waals surface area contributed by atoms with Crippen LogP contribution in [-0.4, -0.2) is 26.5 Å². The highest BCUT2D eigenvalue weighted by Gasteiger charge is 2.23. The number of nitrogens with zero attached hydrogens (tertiary/aromatic N) is 4. The Morgan fingerprint density at radius 2 is 1.72 bits per heavy atom. The fraction of sp³-hybridized carbons (Fsp3) is 0.280. The molecule has 2 aromatic carbocycles. The van der Waals surface area contributed by atoms with Crippen LogP contribution >= 0.6 is 0 Å². The third-order valence-electron chi connectivity index (χ3n) is 5.04. The van der Waals surface area contributed by atoms with Crippen molar-refractivity contribution in [3.8, 4) is 17.6 Å². The fourth-order valence-electron chi connectivity index (χ4n) is 3.25. The zero-order valence-electron chi connectivity index (χ0n) is 18.5. The third-order valence-corrected chi connectivity index (χ3v) is 5.04. The molecule has 3 aromatic rings. The number of rotatable bonds is 8. The van der Waals surface area contributed by atoms with Crippen molar-refractivity contribution in [1.29, 1.82) is 5.26 Å². The first kappa shape index (κ1) is 22.8. The standard InChI is InChI=1S/C25H26N4O3/c1-4-5-6-21-15-24(28(3)27-21)25(31)29(18(2)30)17-20-9-13-23(14-10-20)32-22-11-7-19(16-26)8-12-22/h7-15H,4-6,17H2,1-3H3. The van der Waals surface area contributed by atoms with Crippen LogP contribution in [0.25, 0.3) is 0 Å². The Morgan fingerprint density at radius 1 is 1.09 bits per heavy atom. The Kier molecular flexibility index (Phi) is 7.40. The molecular weight excluding hydrogens is 404 g/mol. The second-order valence-electron chi connectivity index (χ2n) is 7.54. The predicted molar refractivity (Wildman–Crippen MR) is 120 cm³/mol. The van der Waals surface area contributed by atoms with Crippen molar-refractivity contribution < 1.29 is 14.3 Å². The smallest absolute Gasteiger partial charge is 0.279 e. The number of carbonyl (C=O) groups excluding carboxylic acids is 2. The Labute approximate surface area is 187 Å². The molecule has 0 aliphatic carbocycles. The van der Waals surface area contributed by atoms with E-state index in [9.17, 15) is 9.59 Å². The normalized spacial score (nSPS) is 10.4. The Balaban J connectivity index is 1.70. The fourth-order valence-corrected chi connectivity index (χ4v) is 3.25. The van der Waals surface area contributed by atoms with Crippen molar-refractivity contribution in [3.63, 3.8) is 0 Å². The molecule has 0 saturated heterocycles. The van der Waals surface area contributed by atoms with E-state index in [1.54, 1.807) is 49.5 Å². The number of imide groups is 1. The molecule has 0 saturated carbocycles. The highest BCUT2D eigenvalue weighted by molar-refractivity contribution is 6.03. The largest absolute Gasteiger partial charge is 0.457 e. The molecule has 0 bridgehead atoms. The van der Waals surface area contributed by atoms with Gasteiger partial charge in [-0.1, -0.05) is 25.5 Å². The molecule has 2 amide bonds. The molecule has 7 nitrogen and oxygen atoms in total. The summed E-state index contributed by atoms with van der Waals surface area (Å²) in [6.45, 7) is 3.64. The lowest BCUT2D eigenvalue weighted by Crippen LogP contribution is -2.35. The summed E-state index contributed by atoms with van der Waals surface area (Å²) in [5.74, 6) is 0.538. The van der Waals surface area contributed by atoms with Gasteiger partial charge in [-0.2, -0.15) is 10.4 Å². The lowest BCUT2D eigenvalue weighted by Gasteiger charge is -2.19. The average molecular weight is 431 g/mol. The number of carbonyl (C=O) groups is 2. The van der Waals surface area contributed by atoms with Gasteiger partial charge in [0, 0.05) is 14.0 Å². The molecule has 1 heterocycles. The summed E-state index contributed by atoms with van der Waals surface area (Å²) >= 11 is 0. The van der Waals surface area contributed by atoms with E-state index in [1.807, 2.05) is 12.1 Å². The van der Waals surface area contributed by atoms with Crippen LogP contribution in [0, 0.1) is 11.3 Å². The number of hydrogen-bond donors (Lipinski definition) is 0. The van der Waals surface area contributed by atoms with Gasteiger partial charge in [-0.15, -0.1) is 0 Å². The second-order valence-corrected chi connectivity index (χ2v) is 7.54. The third kappa shape index (κ3) is 5.61. The maximum atomic E-state index is 13.1. The number of aryl methyl sites for hydroxylation is 2. The summed E-state index contributed by atoms with van der Waals surface area (Å²) in [7, 11) is 1.72. The Bertz CT molecular complexity index is 1130. The predicted octanol–water partition coefficient (Wildman–Crippen LogP) is 4.62. The van der Waals surface area contributed by atoms with Gasteiger partial charge in [0.25, 0.3) is 5.91 Å². The number of aromatic nitrogens is 2. The first-order valence-electron chi connectivity index (χ1n) is 10.5. The second kappa shape index (κ2) is 10.4. The Morgan fingerprint density at radius 3 is 2.28 bits per heavy atom. The first-order chi connectivity index (χ1) is 15.4. The number of benzene rings is 2. The van der Waals surface area contributed by atoms with Crippen LogP contribution in [0.3, 0.4) is 0 Å². The van der Waals surface area contributed by atoms with E-state index in [0.717, 1.165) is 30.5 Å². The van der Waals surface area contributed by atoms with Crippen LogP contribution in [0.15, 0.2) is 54.6 Å². The topological polar surface area (TPSA) is 88.2 Å². The van der Waals surface area contributed by atoms with Crippen molar-refractivity contribution in [2.75, 3.05) is 0 Å². The molecule has 32 heavy (non-hydrogen) atoms. The van der Waals surface area contributed by atoms with E-state index in [1.165, 1.54) is 16.5 Å². The Hall–Kier alpha value is -3.92. The molecule has 0 atom stereocenters. The molecule has 3 rings (SSSR count). The van der Waals surface area contributed by atoms with Gasteiger partial charge >= 0.3 is 0 Å². The van der Waals surface area contributed by atoms with Crippen LogP contribution in [0.5, 0.6) is 11.5 Å². The van der Waals surface area contributed by atoms with Crippen molar-refractivity contribution in [2.24, 2.45) is 7.05 Å². The van der Waals surface area contributed by atoms with Gasteiger partial charge in [-0.3, -0.25) is 19.2 Å². The van der Waals surface area contributed by atoms with E-state index < -0.39 is 0 Å². The minimum atomic E-state index is -0.367. The number of nitriles is 1. The highest BCUT2D eigenvalue weighted by Crippen LogP contribution is 2.23. The average Bonchev–Trinajstić information content (AvgIpc) is 3.17. The molecule has 0 N–H and O–H groups in total. The minimum Gasteiger partial charge on any atom is -0.457 e. The van der Waals surface area contributed by atoms with Gasteiger partial charge in [0.15, 0.2) is 0 Å². The molecule has 0 unspecified atom stereocenters. The quantitative estimate of drug-likeness (QED) is 0.520.